The minimum atomic E-state index is 1.09. The van der Waals surface area contributed by atoms with Crippen LogP contribution in [0.1, 0.15) is 0 Å². The molecule has 55 heavy (non-hydrogen) atoms. The molecular formula is C54H37N. The summed E-state index contributed by atoms with van der Waals surface area (Å²) in [6.45, 7) is 0. The molecule has 0 aliphatic heterocycles. The van der Waals surface area contributed by atoms with Crippen LogP contribution in [-0.4, -0.2) is 0 Å². The van der Waals surface area contributed by atoms with E-state index < -0.39 is 0 Å². The third-order valence-corrected chi connectivity index (χ3v) is 10.8. The summed E-state index contributed by atoms with van der Waals surface area (Å²) in [6.07, 6.45) is 0. The quantitative estimate of drug-likeness (QED) is 0.160. The first-order valence-electron chi connectivity index (χ1n) is 18.9. The van der Waals surface area contributed by atoms with Gasteiger partial charge in [0.1, 0.15) is 0 Å². The summed E-state index contributed by atoms with van der Waals surface area (Å²) in [5.74, 6) is 0. The molecule has 0 saturated heterocycles. The molecule has 0 aliphatic rings. The lowest BCUT2D eigenvalue weighted by molar-refractivity contribution is 1.28. The SMILES string of the molecule is c1cc(-c2ccc3ccccc3c2)cc(N(c2ccc(-c3ccccc3-c3ccc4ccccc4c3)cc2)c2ccccc2-c2ccc3ccccc3c2)c1. The van der Waals surface area contributed by atoms with E-state index in [4.69, 9.17) is 0 Å². The minimum absolute atomic E-state index is 1.09. The molecule has 0 N–H and O–H groups in total. The van der Waals surface area contributed by atoms with E-state index in [1.807, 2.05) is 0 Å². The smallest absolute Gasteiger partial charge is 0.0540 e. The fraction of sp³-hybridized carbons (Fsp3) is 0. The highest BCUT2D eigenvalue weighted by atomic mass is 15.1. The third-order valence-electron chi connectivity index (χ3n) is 10.8. The molecule has 0 unspecified atom stereocenters. The molecule has 0 radical (unpaired) electrons. The van der Waals surface area contributed by atoms with Crippen LogP contribution in [0.15, 0.2) is 224 Å². The Morgan fingerprint density at radius 1 is 0.218 bits per heavy atom. The summed E-state index contributed by atoms with van der Waals surface area (Å²) < 4.78 is 0. The van der Waals surface area contributed by atoms with Gasteiger partial charge in [-0.3, -0.25) is 0 Å². The molecule has 1 heteroatoms. The van der Waals surface area contributed by atoms with E-state index in [-0.39, 0.29) is 0 Å². The Hall–Kier alpha value is -7.22. The molecule has 0 saturated carbocycles. The number of para-hydroxylation sites is 1. The average molecular weight is 700 g/mol. The lowest BCUT2D eigenvalue weighted by Gasteiger charge is -2.28. The van der Waals surface area contributed by atoms with Gasteiger partial charge >= 0.3 is 0 Å². The van der Waals surface area contributed by atoms with Gasteiger partial charge in [0.2, 0.25) is 0 Å². The van der Waals surface area contributed by atoms with Gasteiger partial charge in [0.15, 0.2) is 0 Å². The van der Waals surface area contributed by atoms with E-state index in [1.54, 1.807) is 0 Å². The van der Waals surface area contributed by atoms with Crippen LogP contribution >= 0.6 is 0 Å². The molecule has 0 heterocycles. The van der Waals surface area contributed by atoms with E-state index in [2.05, 4.69) is 229 Å². The molecule has 10 aromatic carbocycles. The molecule has 0 bridgehead atoms. The van der Waals surface area contributed by atoms with Crippen LogP contribution < -0.4 is 4.90 Å². The molecule has 0 aromatic heterocycles. The van der Waals surface area contributed by atoms with Gasteiger partial charge in [-0.1, -0.05) is 176 Å². The van der Waals surface area contributed by atoms with Crippen LogP contribution in [0.25, 0.3) is 76.8 Å². The maximum absolute atomic E-state index is 2.41. The van der Waals surface area contributed by atoms with Crippen molar-refractivity contribution in [2.24, 2.45) is 0 Å². The van der Waals surface area contributed by atoms with E-state index in [9.17, 15) is 0 Å². The third kappa shape index (κ3) is 6.22. The van der Waals surface area contributed by atoms with E-state index >= 15 is 0 Å². The predicted molar refractivity (Wildman–Crippen MR) is 235 cm³/mol. The Bertz CT molecular complexity index is 2990. The maximum atomic E-state index is 2.41. The van der Waals surface area contributed by atoms with E-state index in [0.717, 1.165) is 17.1 Å². The van der Waals surface area contributed by atoms with Gasteiger partial charge in [-0.15, -0.1) is 0 Å². The largest absolute Gasteiger partial charge is 0.310 e. The highest BCUT2D eigenvalue weighted by Crippen LogP contribution is 2.43. The van der Waals surface area contributed by atoms with Crippen molar-refractivity contribution in [2.75, 3.05) is 4.90 Å². The maximum Gasteiger partial charge on any atom is 0.0540 e. The van der Waals surface area contributed by atoms with Gasteiger partial charge in [-0.05, 0) is 120 Å². The van der Waals surface area contributed by atoms with Crippen molar-refractivity contribution in [1.82, 2.24) is 0 Å². The van der Waals surface area contributed by atoms with Gasteiger partial charge in [0.25, 0.3) is 0 Å². The second-order valence-corrected chi connectivity index (χ2v) is 14.2. The minimum Gasteiger partial charge on any atom is -0.310 e. The lowest BCUT2D eigenvalue weighted by atomic mass is 9.93. The fourth-order valence-corrected chi connectivity index (χ4v) is 8.02. The Morgan fingerprint density at radius 3 is 1.24 bits per heavy atom. The molecule has 0 fully saturated rings. The van der Waals surface area contributed by atoms with Gasteiger partial charge < -0.3 is 4.90 Å². The highest BCUT2D eigenvalue weighted by Gasteiger charge is 2.19. The summed E-state index contributed by atoms with van der Waals surface area (Å²) >= 11 is 0. The standard InChI is InChI=1S/C54H37N/c1-4-15-42-34-46(27-24-38(42)12-1)45-18-11-19-50(37-45)55(54-23-10-9-22-53(54)48-29-26-40-14-3-6-17-44(40)36-48)49-32-30-41(31-33-49)51-20-7-8-21-52(51)47-28-25-39-13-2-5-16-43(39)35-47/h1-37H. The fourth-order valence-electron chi connectivity index (χ4n) is 8.02. The van der Waals surface area contributed by atoms with Gasteiger partial charge in [0.05, 0.1) is 5.69 Å². The van der Waals surface area contributed by atoms with Gasteiger partial charge in [-0.2, -0.15) is 0 Å². The summed E-state index contributed by atoms with van der Waals surface area (Å²) in [5.41, 5.74) is 12.9. The lowest BCUT2D eigenvalue weighted by Crippen LogP contribution is -2.11. The van der Waals surface area contributed by atoms with Crippen LogP contribution in [0.3, 0.4) is 0 Å². The van der Waals surface area contributed by atoms with Crippen molar-refractivity contribution >= 4 is 49.4 Å². The van der Waals surface area contributed by atoms with Crippen molar-refractivity contribution in [2.45, 2.75) is 0 Å². The van der Waals surface area contributed by atoms with Crippen LogP contribution in [0.2, 0.25) is 0 Å². The molecule has 0 amide bonds. The van der Waals surface area contributed by atoms with E-state index in [0.29, 0.717) is 0 Å². The molecule has 10 rings (SSSR count). The van der Waals surface area contributed by atoms with Crippen molar-refractivity contribution in [3.63, 3.8) is 0 Å². The first kappa shape index (κ1) is 32.4. The van der Waals surface area contributed by atoms with Crippen LogP contribution in [0.5, 0.6) is 0 Å². The number of benzene rings is 10. The number of anilines is 3. The van der Waals surface area contributed by atoms with Crippen LogP contribution in [-0.2, 0) is 0 Å². The number of hydrogen-bond acceptors (Lipinski definition) is 1. The predicted octanol–water partition coefficient (Wildman–Crippen LogP) is 15.3. The average Bonchev–Trinajstić information content (AvgIpc) is 3.26. The second kappa shape index (κ2) is 14.0. The van der Waals surface area contributed by atoms with E-state index in [1.165, 1.54) is 76.8 Å². The van der Waals surface area contributed by atoms with Gasteiger partial charge in [0, 0.05) is 16.9 Å². The summed E-state index contributed by atoms with van der Waals surface area (Å²) in [5, 5.41) is 7.45. The second-order valence-electron chi connectivity index (χ2n) is 14.2. The van der Waals surface area contributed by atoms with Crippen molar-refractivity contribution in [3.8, 4) is 44.5 Å². The first-order chi connectivity index (χ1) is 27.2. The Balaban J connectivity index is 1.10. The zero-order valence-electron chi connectivity index (χ0n) is 30.3. The monoisotopic (exact) mass is 699 g/mol. The van der Waals surface area contributed by atoms with Gasteiger partial charge in [-0.25, -0.2) is 0 Å². The number of nitrogens with zero attached hydrogens (tertiary/aromatic N) is 1. The number of rotatable bonds is 7. The summed E-state index contributed by atoms with van der Waals surface area (Å²) in [7, 11) is 0. The van der Waals surface area contributed by atoms with Crippen LogP contribution in [0, 0.1) is 0 Å². The highest BCUT2D eigenvalue weighted by molar-refractivity contribution is 5.95. The summed E-state index contributed by atoms with van der Waals surface area (Å²) in [4.78, 5) is 2.41. The van der Waals surface area contributed by atoms with Crippen LogP contribution in [0.4, 0.5) is 17.1 Å². The zero-order chi connectivity index (χ0) is 36.6. The molecular weight excluding hydrogens is 663 g/mol. The van der Waals surface area contributed by atoms with Crippen molar-refractivity contribution in [3.05, 3.63) is 224 Å². The first-order valence-corrected chi connectivity index (χ1v) is 18.9. The topological polar surface area (TPSA) is 3.24 Å². The molecule has 0 atom stereocenters. The molecule has 1 nitrogen and oxygen atoms in total. The Kier molecular flexibility index (Phi) is 8.24. The summed E-state index contributed by atoms with van der Waals surface area (Å²) in [6, 6.07) is 81.6. The zero-order valence-corrected chi connectivity index (χ0v) is 30.3. The molecule has 0 aliphatic carbocycles. The Labute approximate surface area is 322 Å². The Morgan fingerprint density at radius 2 is 0.636 bits per heavy atom. The molecule has 10 aromatic rings. The number of fused-ring (bicyclic) bond motifs is 3. The normalized spacial score (nSPS) is 11.3. The number of hydrogen-bond donors (Lipinski definition) is 0. The molecule has 258 valence electrons. The molecule has 0 spiro atoms. The van der Waals surface area contributed by atoms with Crippen molar-refractivity contribution < 1.29 is 0 Å². The van der Waals surface area contributed by atoms with Crippen molar-refractivity contribution in [1.29, 1.82) is 0 Å².